The van der Waals surface area contributed by atoms with Crippen LogP contribution in [0.3, 0.4) is 0 Å². The molecule has 0 spiro atoms. The SMILES string of the molecule is CCNC1CCN(C(C)c2ccc(C)c(F)c2)C1. The second-order valence-corrected chi connectivity index (χ2v) is 5.22. The van der Waals surface area contributed by atoms with Crippen LogP contribution in [0.1, 0.15) is 37.4 Å². The summed E-state index contributed by atoms with van der Waals surface area (Å²) in [6.45, 7) is 9.28. The highest BCUT2D eigenvalue weighted by Crippen LogP contribution is 2.25. The van der Waals surface area contributed by atoms with Gasteiger partial charge in [-0.1, -0.05) is 19.1 Å². The third kappa shape index (κ3) is 2.90. The standard InChI is InChI=1S/C15H23FN2/c1-4-17-14-7-8-18(10-14)12(3)13-6-5-11(2)15(16)9-13/h5-6,9,12,14,17H,4,7-8,10H2,1-3H3. The van der Waals surface area contributed by atoms with Crippen LogP contribution < -0.4 is 5.32 Å². The molecule has 1 aromatic carbocycles. The lowest BCUT2D eigenvalue weighted by Crippen LogP contribution is -2.33. The molecule has 2 nitrogen and oxygen atoms in total. The molecule has 0 aliphatic carbocycles. The molecular formula is C15H23FN2. The number of benzene rings is 1. The molecule has 0 radical (unpaired) electrons. The van der Waals surface area contributed by atoms with Crippen molar-refractivity contribution in [2.45, 2.75) is 39.3 Å². The van der Waals surface area contributed by atoms with Crippen molar-refractivity contribution in [1.29, 1.82) is 0 Å². The Bertz CT molecular complexity index is 405. The average Bonchev–Trinajstić information content (AvgIpc) is 2.81. The largest absolute Gasteiger partial charge is 0.313 e. The summed E-state index contributed by atoms with van der Waals surface area (Å²) in [5.41, 5.74) is 1.80. The number of halogens is 1. The minimum atomic E-state index is -0.0956. The van der Waals surface area contributed by atoms with E-state index in [-0.39, 0.29) is 5.82 Å². The van der Waals surface area contributed by atoms with Crippen LogP contribution in [-0.2, 0) is 0 Å². The first-order valence-electron chi connectivity index (χ1n) is 6.85. The molecule has 2 rings (SSSR count). The summed E-state index contributed by atoms with van der Waals surface area (Å²) < 4.78 is 13.6. The number of hydrogen-bond donors (Lipinski definition) is 1. The smallest absolute Gasteiger partial charge is 0.126 e. The highest BCUT2D eigenvalue weighted by Gasteiger charge is 2.26. The van der Waals surface area contributed by atoms with E-state index in [4.69, 9.17) is 0 Å². The molecule has 3 heteroatoms. The summed E-state index contributed by atoms with van der Waals surface area (Å²) in [7, 11) is 0. The molecule has 1 N–H and O–H groups in total. The Morgan fingerprint density at radius 1 is 1.50 bits per heavy atom. The van der Waals surface area contributed by atoms with Gasteiger partial charge >= 0.3 is 0 Å². The van der Waals surface area contributed by atoms with Crippen molar-refractivity contribution >= 4 is 0 Å². The third-order valence-electron chi connectivity index (χ3n) is 3.94. The van der Waals surface area contributed by atoms with Crippen LogP contribution in [0, 0.1) is 12.7 Å². The number of likely N-dealkylation sites (N-methyl/N-ethyl adjacent to an activating group) is 1. The molecule has 1 saturated heterocycles. The second-order valence-electron chi connectivity index (χ2n) is 5.22. The predicted molar refractivity (Wildman–Crippen MR) is 73.2 cm³/mol. The molecule has 1 aliphatic heterocycles. The van der Waals surface area contributed by atoms with Gasteiger partial charge < -0.3 is 5.32 Å². The van der Waals surface area contributed by atoms with Crippen molar-refractivity contribution in [2.24, 2.45) is 0 Å². The van der Waals surface area contributed by atoms with E-state index in [1.807, 2.05) is 12.1 Å². The molecule has 2 atom stereocenters. The van der Waals surface area contributed by atoms with Crippen molar-refractivity contribution in [3.63, 3.8) is 0 Å². The highest BCUT2D eigenvalue weighted by molar-refractivity contribution is 5.25. The van der Waals surface area contributed by atoms with E-state index in [2.05, 4.69) is 24.1 Å². The zero-order chi connectivity index (χ0) is 13.1. The molecular weight excluding hydrogens is 227 g/mol. The molecule has 0 aromatic heterocycles. The monoisotopic (exact) mass is 250 g/mol. The van der Waals surface area contributed by atoms with Crippen molar-refractivity contribution in [1.82, 2.24) is 10.2 Å². The normalized spacial score (nSPS) is 22.3. The lowest BCUT2D eigenvalue weighted by atomic mass is 10.1. The van der Waals surface area contributed by atoms with Gasteiger partial charge in [-0.15, -0.1) is 0 Å². The quantitative estimate of drug-likeness (QED) is 0.884. The van der Waals surface area contributed by atoms with Crippen molar-refractivity contribution in [3.05, 3.63) is 35.1 Å². The zero-order valence-electron chi connectivity index (χ0n) is 11.5. The Hall–Kier alpha value is -0.930. The molecule has 1 aliphatic rings. The van der Waals surface area contributed by atoms with Gasteiger partial charge in [0.2, 0.25) is 0 Å². The van der Waals surface area contributed by atoms with Crippen LogP contribution in [0.4, 0.5) is 4.39 Å². The molecule has 1 fully saturated rings. The topological polar surface area (TPSA) is 15.3 Å². The average molecular weight is 250 g/mol. The number of rotatable bonds is 4. The molecule has 18 heavy (non-hydrogen) atoms. The maximum atomic E-state index is 13.6. The minimum Gasteiger partial charge on any atom is -0.313 e. The van der Waals surface area contributed by atoms with Gasteiger partial charge in [0.15, 0.2) is 0 Å². The molecule has 0 saturated carbocycles. The third-order valence-corrected chi connectivity index (χ3v) is 3.94. The summed E-state index contributed by atoms with van der Waals surface area (Å²) in [5, 5.41) is 3.49. The van der Waals surface area contributed by atoms with Crippen molar-refractivity contribution in [3.8, 4) is 0 Å². The van der Waals surface area contributed by atoms with Gasteiger partial charge in [-0.25, -0.2) is 4.39 Å². The van der Waals surface area contributed by atoms with Crippen LogP contribution >= 0.6 is 0 Å². The molecule has 1 heterocycles. The number of nitrogens with one attached hydrogen (secondary N) is 1. The van der Waals surface area contributed by atoms with Crippen molar-refractivity contribution < 1.29 is 4.39 Å². The zero-order valence-corrected chi connectivity index (χ0v) is 11.5. The van der Waals surface area contributed by atoms with Gasteiger partial charge in [0.1, 0.15) is 5.82 Å². The number of likely N-dealkylation sites (tertiary alicyclic amines) is 1. The second kappa shape index (κ2) is 5.81. The lowest BCUT2D eigenvalue weighted by Gasteiger charge is -2.25. The van der Waals surface area contributed by atoms with Gasteiger partial charge in [0.05, 0.1) is 0 Å². The summed E-state index contributed by atoms with van der Waals surface area (Å²) in [4.78, 5) is 2.43. The Morgan fingerprint density at radius 2 is 2.28 bits per heavy atom. The maximum absolute atomic E-state index is 13.6. The van der Waals surface area contributed by atoms with E-state index in [1.165, 1.54) is 6.42 Å². The Balaban J connectivity index is 2.03. The molecule has 0 amide bonds. The first-order valence-corrected chi connectivity index (χ1v) is 6.85. The Morgan fingerprint density at radius 3 is 2.94 bits per heavy atom. The Labute approximate surface area is 109 Å². The fourth-order valence-electron chi connectivity index (χ4n) is 2.67. The van der Waals surface area contributed by atoms with Gasteiger partial charge in [-0.3, -0.25) is 4.90 Å². The van der Waals surface area contributed by atoms with E-state index < -0.39 is 0 Å². The van der Waals surface area contributed by atoms with E-state index in [9.17, 15) is 4.39 Å². The van der Waals surface area contributed by atoms with Gasteiger partial charge in [-0.05, 0) is 44.0 Å². The first-order chi connectivity index (χ1) is 8.61. The van der Waals surface area contributed by atoms with E-state index >= 15 is 0 Å². The van der Waals surface area contributed by atoms with Crippen LogP contribution in [0.15, 0.2) is 18.2 Å². The van der Waals surface area contributed by atoms with E-state index in [0.717, 1.165) is 30.8 Å². The predicted octanol–water partition coefficient (Wildman–Crippen LogP) is 2.88. The fraction of sp³-hybridized carbons (Fsp3) is 0.600. The van der Waals surface area contributed by atoms with Gasteiger partial charge in [0, 0.05) is 25.2 Å². The first kappa shape index (κ1) is 13.5. The van der Waals surface area contributed by atoms with E-state index in [0.29, 0.717) is 12.1 Å². The summed E-state index contributed by atoms with van der Waals surface area (Å²) in [6, 6.07) is 6.49. The molecule has 100 valence electrons. The number of hydrogen-bond acceptors (Lipinski definition) is 2. The van der Waals surface area contributed by atoms with Crippen LogP contribution in [0.25, 0.3) is 0 Å². The van der Waals surface area contributed by atoms with Gasteiger partial charge in [0.25, 0.3) is 0 Å². The number of nitrogens with zero attached hydrogens (tertiary/aromatic N) is 1. The lowest BCUT2D eigenvalue weighted by molar-refractivity contribution is 0.255. The minimum absolute atomic E-state index is 0.0956. The van der Waals surface area contributed by atoms with Gasteiger partial charge in [-0.2, -0.15) is 0 Å². The number of aryl methyl sites for hydroxylation is 1. The van der Waals surface area contributed by atoms with E-state index in [1.54, 1.807) is 13.0 Å². The Kier molecular flexibility index (Phi) is 4.36. The molecule has 0 bridgehead atoms. The molecule has 1 aromatic rings. The van der Waals surface area contributed by atoms with Crippen LogP contribution in [0.2, 0.25) is 0 Å². The maximum Gasteiger partial charge on any atom is 0.126 e. The fourth-order valence-corrected chi connectivity index (χ4v) is 2.67. The highest BCUT2D eigenvalue weighted by atomic mass is 19.1. The summed E-state index contributed by atoms with van der Waals surface area (Å²) >= 11 is 0. The van der Waals surface area contributed by atoms with Crippen molar-refractivity contribution in [2.75, 3.05) is 19.6 Å². The van der Waals surface area contributed by atoms with Crippen LogP contribution in [-0.4, -0.2) is 30.6 Å². The summed E-state index contributed by atoms with van der Waals surface area (Å²) in [6.07, 6.45) is 1.19. The van der Waals surface area contributed by atoms with Crippen LogP contribution in [0.5, 0.6) is 0 Å². The summed E-state index contributed by atoms with van der Waals surface area (Å²) in [5.74, 6) is -0.0956. The molecule has 2 unspecified atom stereocenters.